The molecule has 3 aromatic rings. The Bertz CT molecular complexity index is 1280. The normalized spacial score (nSPS) is 15.6. The minimum Gasteiger partial charge on any atom is -0.497 e. The molecule has 10 heteroatoms. The smallest absolute Gasteiger partial charge is 0.258 e. The Hall–Kier alpha value is -4.31. The first-order chi connectivity index (χ1) is 17.2. The molecule has 0 aliphatic carbocycles. The lowest BCUT2D eigenvalue weighted by Gasteiger charge is -2.31. The molecule has 2 heterocycles. The van der Waals surface area contributed by atoms with Gasteiger partial charge in [-0.05, 0) is 62.4 Å². The zero-order valence-electron chi connectivity index (χ0n) is 20.1. The summed E-state index contributed by atoms with van der Waals surface area (Å²) >= 11 is 0. The number of nitrogens with two attached hydrogens (primary N) is 1. The molecule has 2 N–H and O–H groups in total. The van der Waals surface area contributed by atoms with Crippen LogP contribution in [0.1, 0.15) is 13.8 Å². The van der Waals surface area contributed by atoms with Crippen molar-refractivity contribution in [2.24, 2.45) is 5.73 Å². The van der Waals surface area contributed by atoms with Gasteiger partial charge in [-0.1, -0.05) is 0 Å². The first kappa shape index (κ1) is 24.8. The lowest BCUT2D eigenvalue weighted by atomic mass is 10.2. The SMILES string of the molecule is COc1ccc(N(C(=O)CN2C(=O)C(N)C(=O)N(c3cccnc3)c3cc(F)ccc32)C(C)C)cc1. The third-order valence-corrected chi connectivity index (χ3v) is 5.82. The molecule has 0 saturated carbocycles. The second-order valence-electron chi connectivity index (χ2n) is 8.48. The number of amides is 3. The molecule has 0 bridgehead atoms. The Kier molecular flexibility index (Phi) is 6.98. The Morgan fingerprint density at radius 3 is 2.44 bits per heavy atom. The molecule has 0 saturated heterocycles. The molecule has 36 heavy (non-hydrogen) atoms. The van der Waals surface area contributed by atoms with Crippen LogP contribution in [0.3, 0.4) is 0 Å². The van der Waals surface area contributed by atoms with E-state index in [-0.39, 0.29) is 17.4 Å². The lowest BCUT2D eigenvalue weighted by molar-refractivity contribution is -0.129. The van der Waals surface area contributed by atoms with Gasteiger partial charge in [0.2, 0.25) is 5.91 Å². The van der Waals surface area contributed by atoms with Crippen LogP contribution in [0.2, 0.25) is 0 Å². The van der Waals surface area contributed by atoms with Crippen LogP contribution in [0.4, 0.5) is 27.1 Å². The number of methoxy groups -OCH3 is 1. The summed E-state index contributed by atoms with van der Waals surface area (Å²) in [6.07, 6.45) is 2.93. The van der Waals surface area contributed by atoms with E-state index in [1.807, 2.05) is 13.8 Å². The zero-order chi connectivity index (χ0) is 26.0. The second-order valence-corrected chi connectivity index (χ2v) is 8.48. The second kappa shape index (κ2) is 10.1. The number of rotatable bonds is 6. The average molecular weight is 492 g/mol. The van der Waals surface area contributed by atoms with Crippen molar-refractivity contribution in [3.8, 4) is 5.75 Å². The van der Waals surface area contributed by atoms with E-state index in [0.717, 1.165) is 21.9 Å². The topological polar surface area (TPSA) is 109 Å². The van der Waals surface area contributed by atoms with Crippen molar-refractivity contribution >= 4 is 40.5 Å². The van der Waals surface area contributed by atoms with Crippen LogP contribution >= 0.6 is 0 Å². The van der Waals surface area contributed by atoms with E-state index < -0.39 is 36.1 Å². The summed E-state index contributed by atoms with van der Waals surface area (Å²) in [4.78, 5) is 48.1. The third-order valence-electron chi connectivity index (χ3n) is 5.82. The van der Waals surface area contributed by atoms with E-state index in [2.05, 4.69) is 4.98 Å². The number of halogens is 1. The first-order valence-corrected chi connectivity index (χ1v) is 11.3. The molecule has 1 aliphatic rings. The van der Waals surface area contributed by atoms with Crippen LogP contribution < -0.4 is 25.2 Å². The minimum absolute atomic E-state index is 0.0858. The number of fused-ring (bicyclic) bond motifs is 1. The van der Waals surface area contributed by atoms with Crippen molar-refractivity contribution in [1.29, 1.82) is 0 Å². The predicted octanol–water partition coefficient (Wildman–Crippen LogP) is 3.01. The number of carbonyl (C=O) groups excluding carboxylic acids is 3. The Morgan fingerprint density at radius 1 is 1.11 bits per heavy atom. The van der Waals surface area contributed by atoms with Gasteiger partial charge in [-0.2, -0.15) is 0 Å². The van der Waals surface area contributed by atoms with E-state index in [9.17, 15) is 18.8 Å². The van der Waals surface area contributed by atoms with E-state index in [1.54, 1.807) is 43.5 Å². The molecule has 3 amide bonds. The molecule has 9 nitrogen and oxygen atoms in total. The molecule has 186 valence electrons. The molecule has 4 rings (SSSR count). The van der Waals surface area contributed by atoms with Crippen molar-refractivity contribution in [2.75, 3.05) is 28.4 Å². The van der Waals surface area contributed by atoms with E-state index >= 15 is 0 Å². The fourth-order valence-electron chi connectivity index (χ4n) is 4.15. The van der Waals surface area contributed by atoms with Crippen molar-refractivity contribution in [3.63, 3.8) is 0 Å². The number of hydrogen-bond acceptors (Lipinski definition) is 6. The molecular weight excluding hydrogens is 465 g/mol. The van der Waals surface area contributed by atoms with Gasteiger partial charge in [-0.3, -0.25) is 29.2 Å². The molecule has 1 atom stereocenters. The maximum atomic E-state index is 14.4. The highest BCUT2D eigenvalue weighted by atomic mass is 19.1. The number of carbonyl (C=O) groups is 3. The van der Waals surface area contributed by atoms with Gasteiger partial charge in [0.05, 0.1) is 30.4 Å². The summed E-state index contributed by atoms with van der Waals surface area (Å²) in [7, 11) is 1.55. The van der Waals surface area contributed by atoms with Crippen molar-refractivity contribution < 1.29 is 23.5 Å². The minimum atomic E-state index is -1.61. The van der Waals surface area contributed by atoms with E-state index in [0.29, 0.717) is 17.1 Å². The van der Waals surface area contributed by atoms with Crippen LogP contribution in [0.15, 0.2) is 67.0 Å². The first-order valence-electron chi connectivity index (χ1n) is 11.3. The summed E-state index contributed by atoms with van der Waals surface area (Å²) in [6.45, 7) is 3.27. The summed E-state index contributed by atoms with van der Waals surface area (Å²) < 4.78 is 19.6. The van der Waals surface area contributed by atoms with Gasteiger partial charge < -0.3 is 15.4 Å². The van der Waals surface area contributed by atoms with Crippen molar-refractivity contribution in [1.82, 2.24) is 4.98 Å². The highest BCUT2D eigenvalue weighted by Gasteiger charge is 2.40. The summed E-state index contributed by atoms with van der Waals surface area (Å²) in [6, 6.07) is 11.9. The van der Waals surface area contributed by atoms with Gasteiger partial charge in [0.15, 0.2) is 6.04 Å². The van der Waals surface area contributed by atoms with Gasteiger partial charge in [0.1, 0.15) is 18.1 Å². The lowest BCUT2D eigenvalue weighted by Crippen LogP contribution is -2.53. The van der Waals surface area contributed by atoms with Gasteiger partial charge in [-0.15, -0.1) is 0 Å². The number of anilines is 4. The Labute approximate surface area is 207 Å². The summed E-state index contributed by atoms with van der Waals surface area (Å²) in [5.74, 6) is -1.93. The van der Waals surface area contributed by atoms with Gasteiger partial charge in [-0.25, -0.2) is 4.39 Å². The van der Waals surface area contributed by atoms with Crippen LogP contribution in [-0.4, -0.2) is 48.4 Å². The Balaban J connectivity index is 1.77. The van der Waals surface area contributed by atoms with E-state index in [4.69, 9.17) is 10.5 Å². The number of ether oxygens (including phenoxy) is 1. The van der Waals surface area contributed by atoms with E-state index in [1.165, 1.54) is 23.4 Å². The highest BCUT2D eigenvalue weighted by Crippen LogP contribution is 2.38. The molecule has 1 aliphatic heterocycles. The van der Waals surface area contributed by atoms with Crippen LogP contribution in [0.5, 0.6) is 5.75 Å². The Morgan fingerprint density at radius 2 is 1.83 bits per heavy atom. The largest absolute Gasteiger partial charge is 0.497 e. The van der Waals surface area contributed by atoms with Gasteiger partial charge >= 0.3 is 0 Å². The summed E-state index contributed by atoms with van der Waals surface area (Å²) in [5.41, 5.74) is 7.26. The van der Waals surface area contributed by atoms with Crippen molar-refractivity contribution in [3.05, 3.63) is 72.8 Å². The molecule has 1 aromatic heterocycles. The molecule has 0 fully saturated rings. The fourth-order valence-corrected chi connectivity index (χ4v) is 4.15. The third kappa shape index (κ3) is 4.63. The monoisotopic (exact) mass is 491 g/mol. The number of pyridine rings is 1. The number of benzene rings is 2. The average Bonchev–Trinajstić information content (AvgIpc) is 2.94. The highest BCUT2D eigenvalue weighted by molar-refractivity contribution is 6.23. The number of nitrogens with zero attached hydrogens (tertiary/aromatic N) is 4. The number of aromatic nitrogens is 1. The van der Waals surface area contributed by atoms with Crippen molar-refractivity contribution in [2.45, 2.75) is 25.9 Å². The molecule has 0 spiro atoms. The zero-order valence-corrected chi connectivity index (χ0v) is 20.1. The maximum Gasteiger partial charge on any atom is 0.258 e. The molecule has 2 aromatic carbocycles. The summed E-state index contributed by atoms with van der Waals surface area (Å²) in [5, 5.41) is 0. The quantitative estimate of drug-likeness (QED) is 0.531. The number of hydrogen-bond donors (Lipinski definition) is 1. The van der Waals surface area contributed by atoms with Crippen LogP contribution in [0.25, 0.3) is 0 Å². The standard InChI is InChI=1S/C26H26FN5O4/c1-16(2)31(18-7-9-20(36-3)10-8-18)23(33)15-30-21-11-6-17(27)13-22(21)32(19-5-4-12-29-14-19)26(35)24(28)25(30)34/h4-14,16,24H,15,28H2,1-3H3. The molecular formula is C26H26FN5O4. The fraction of sp³-hybridized carbons (Fsp3) is 0.231. The van der Waals surface area contributed by atoms with Gasteiger partial charge in [0.25, 0.3) is 11.8 Å². The van der Waals surface area contributed by atoms with Gasteiger partial charge in [0, 0.05) is 24.0 Å². The molecule has 1 unspecified atom stereocenters. The molecule has 0 radical (unpaired) electrons. The predicted molar refractivity (Wildman–Crippen MR) is 134 cm³/mol. The van der Waals surface area contributed by atoms with Crippen LogP contribution in [-0.2, 0) is 14.4 Å². The maximum absolute atomic E-state index is 14.4. The van der Waals surface area contributed by atoms with Crippen LogP contribution in [0, 0.1) is 5.82 Å².